The fourth-order valence-electron chi connectivity index (χ4n) is 5.28. The van der Waals surface area contributed by atoms with E-state index in [-0.39, 0.29) is 30.7 Å². The van der Waals surface area contributed by atoms with E-state index in [1.165, 1.54) is 0 Å². The molecule has 2 aromatic carbocycles. The molecule has 1 atom stereocenters. The number of benzene rings is 2. The fraction of sp³-hybridized carbons (Fsp3) is 0.219. The van der Waals surface area contributed by atoms with Crippen LogP contribution < -0.4 is 20.9 Å². The summed E-state index contributed by atoms with van der Waals surface area (Å²) in [4.78, 5) is 52.8. The van der Waals surface area contributed by atoms with Crippen LogP contribution >= 0.6 is 11.6 Å². The molecule has 218 valence electrons. The van der Waals surface area contributed by atoms with Gasteiger partial charge < -0.3 is 25.8 Å². The molecule has 4 heterocycles. The molecule has 6 rings (SSSR count). The van der Waals surface area contributed by atoms with Crippen LogP contribution in [-0.2, 0) is 17.8 Å². The molecule has 0 bridgehead atoms. The Labute approximate surface area is 254 Å². The maximum atomic E-state index is 13.8. The summed E-state index contributed by atoms with van der Waals surface area (Å²) in [5.41, 5.74) is 3.64. The zero-order chi connectivity index (χ0) is 29.8. The van der Waals surface area contributed by atoms with Gasteiger partial charge in [0, 0.05) is 61.6 Å². The highest BCUT2D eigenvalue weighted by Crippen LogP contribution is 2.29. The Bertz CT molecular complexity index is 1630. The van der Waals surface area contributed by atoms with Gasteiger partial charge in [-0.05, 0) is 60.2 Å². The Balaban J connectivity index is 1.18. The first kappa shape index (κ1) is 28.3. The molecule has 10 nitrogen and oxygen atoms in total. The lowest BCUT2D eigenvalue weighted by Gasteiger charge is -2.29. The van der Waals surface area contributed by atoms with E-state index in [2.05, 4.69) is 30.8 Å². The van der Waals surface area contributed by atoms with Crippen molar-refractivity contribution in [2.24, 2.45) is 0 Å². The lowest BCUT2D eigenvalue weighted by Crippen LogP contribution is -2.46. The van der Waals surface area contributed by atoms with Crippen LogP contribution in [0.25, 0.3) is 0 Å². The van der Waals surface area contributed by atoms with Crippen LogP contribution in [0.15, 0.2) is 85.2 Å². The molecule has 4 aromatic rings. The van der Waals surface area contributed by atoms with Crippen LogP contribution in [0.2, 0.25) is 5.02 Å². The molecule has 0 unspecified atom stereocenters. The third-order valence-electron chi connectivity index (χ3n) is 7.58. The summed E-state index contributed by atoms with van der Waals surface area (Å²) in [5, 5.41) is 9.46. The number of aromatic nitrogens is 2. The first-order valence-electron chi connectivity index (χ1n) is 14.1. The number of carbonyl (C=O) groups excluding carboxylic acids is 3. The highest BCUT2D eigenvalue weighted by Gasteiger charge is 2.36. The third-order valence-corrected chi connectivity index (χ3v) is 7.81. The second-order valence-electron chi connectivity index (χ2n) is 10.4. The van der Waals surface area contributed by atoms with E-state index in [1.807, 2.05) is 18.2 Å². The number of pyridine rings is 2. The second kappa shape index (κ2) is 12.6. The quantitative estimate of drug-likeness (QED) is 0.295. The third kappa shape index (κ3) is 6.50. The van der Waals surface area contributed by atoms with E-state index >= 15 is 0 Å². The minimum atomic E-state index is -0.813. The summed E-state index contributed by atoms with van der Waals surface area (Å²) in [7, 11) is 0. The number of hydrogen-bond donors (Lipinski definition) is 3. The summed E-state index contributed by atoms with van der Waals surface area (Å²) in [6.45, 7) is 3.85. The van der Waals surface area contributed by atoms with E-state index in [1.54, 1.807) is 71.9 Å². The van der Waals surface area contributed by atoms with Gasteiger partial charge in [0.2, 0.25) is 5.91 Å². The standard InChI is InChI=1S/C32H30ClN7O3/c33-23-8-10-26-27(17-23)37-31(42)28(18-24-3-1-2-12-35-24)40(32(26)43)20-21-4-6-22(7-5-21)30(41)38-29-11-9-25(19-36-29)39-15-13-34-14-16-39/h1-12,17,19,28,34H,13-16,18,20H2,(H,37,42)(H,36,38,41)/t28-/m1/s1. The maximum Gasteiger partial charge on any atom is 0.256 e. The predicted molar refractivity (Wildman–Crippen MR) is 165 cm³/mol. The summed E-state index contributed by atoms with van der Waals surface area (Å²) in [5.74, 6) is -0.460. The summed E-state index contributed by atoms with van der Waals surface area (Å²) in [6, 6.07) is 20.2. The average Bonchev–Trinajstić information content (AvgIpc) is 3.12. The highest BCUT2D eigenvalue weighted by atomic mass is 35.5. The lowest BCUT2D eigenvalue weighted by molar-refractivity contribution is -0.120. The van der Waals surface area contributed by atoms with Crippen molar-refractivity contribution in [3.05, 3.63) is 113 Å². The number of rotatable bonds is 7. The van der Waals surface area contributed by atoms with E-state index in [0.29, 0.717) is 33.3 Å². The molecule has 0 radical (unpaired) electrons. The molecule has 2 aromatic heterocycles. The fourth-order valence-corrected chi connectivity index (χ4v) is 5.45. The smallest absolute Gasteiger partial charge is 0.256 e. The van der Waals surface area contributed by atoms with Crippen LogP contribution in [0.1, 0.15) is 32.0 Å². The zero-order valence-electron chi connectivity index (χ0n) is 23.3. The van der Waals surface area contributed by atoms with Gasteiger partial charge in [0.1, 0.15) is 11.9 Å². The topological polar surface area (TPSA) is 120 Å². The Hall–Kier alpha value is -4.80. The Kier molecular flexibility index (Phi) is 8.30. The van der Waals surface area contributed by atoms with Gasteiger partial charge in [0.25, 0.3) is 11.8 Å². The molecular weight excluding hydrogens is 566 g/mol. The molecule has 11 heteroatoms. The summed E-state index contributed by atoms with van der Waals surface area (Å²) >= 11 is 6.16. The van der Waals surface area contributed by atoms with Gasteiger partial charge >= 0.3 is 0 Å². The van der Waals surface area contributed by atoms with Gasteiger partial charge in [-0.25, -0.2) is 4.98 Å². The molecule has 1 fully saturated rings. The molecular formula is C32H30ClN7O3. The van der Waals surface area contributed by atoms with Crippen LogP contribution in [0.3, 0.4) is 0 Å². The molecule has 0 spiro atoms. The number of nitrogens with zero attached hydrogens (tertiary/aromatic N) is 4. The summed E-state index contributed by atoms with van der Waals surface area (Å²) < 4.78 is 0. The number of halogens is 1. The van der Waals surface area contributed by atoms with Crippen molar-refractivity contribution in [1.29, 1.82) is 0 Å². The maximum absolute atomic E-state index is 13.8. The Morgan fingerprint density at radius 2 is 1.79 bits per heavy atom. The first-order valence-corrected chi connectivity index (χ1v) is 14.5. The predicted octanol–water partition coefficient (Wildman–Crippen LogP) is 4.00. The van der Waals surface area contributed by atoms with Gasteiger partial charge in [-0.15, -0.1) is 0 Å². The lowest BCUT2D eigenvalue weighted by atomic mass is 10.0. The second-order valence-corrected chi connectivity index (χ2v) is 10.9. The van der Waals surface area contributed by atoms with Crippen molar-refractivity contribution in [2.45, 2.75) is 19.0 Å². The van der Waals surface area contributed by atoms with Crippen LogP contribution in [0.5, 0.6) is 0 Å². The van der Waals surface area contributed by atoms with Crippen molar-refractivity contribution in [1.82, 2.24) is 20.2 Å². The molecule has 0 aliphatic carbocycles. The van der Waals surface area contributed by atoms with Crippen LogP contribution in [-0.4, -0.2) is 64.8 Å². The molecule has 3 N–H and O–H groups in total. The van der Waals surface area contributed by atoms with Crippen LogP contribution in [0.4, 0.5) is 17.2 Å². The first-order chi connectivity index (χ1) is 20.9. The van der Waals surface area contributed by atoms with Crippen molar-refractivity contribution in [3.63, 3.8) is 0 Å². The van der Waals surface area contributed by atoms with Gasteiger partial charge in [-0.3, -0.25) is 19.4 Å². The van der Waals surface area contributed by atoms with Crippen LogP contribution in [0, 0.1) is 0 Å². The molecule has 43 heavy (non-hydrogen) atoms. The van der Waals surface area contributed by atoms with Crippen molar-refractivity contribution in [3.8, 4) is 0 Å². The Morgan fingerprint density at radius 1 is 0.977 bits per heavy atom. The van der Waals surface area contributed by atoms with Crippen molar-refractivity contribution >= 4 is 46.5 Å². The Morgan fingerprint density at radius 3 is 2.51 bits per heavy atom. The van der Waals surface area contributed by atoms with E-state index in [0.717, 1.165) is 37.4 Å². The highest BCUT2D eigenvalue weighted by molar-refractivity contribution is 6.31. The number of anilines is 3. The van der Waals surface area contributed by atoms with Gasteiger partial charge in [-0.2, -0.15) is 0 Å². The number of nitrogens with one attached hydrogen (secondary N) is 3. The van der Waals surface area contributed by atoms with Crippen molar-refractivity contribution in [2.75, 3.05) is 41.7 Å². The normalized spacial score (nSPS) is 16.7. The number of hydrogen-bond acceptors (Lipinski definition) is 7. The van der Waals surface area contributed by atoms with Gasteiger partial charge in [0.05, 0.1) is 23.1 Å². The molecule has 1 saturated heterocycles. The molecule has 0 saturated carbocycles. The minimum Gasteiger partial charge on any atom is -0.368 e. The van der Waals surface area contributed by atoms with Gasteiger partial charge in [0.15, 0.2) is 0 Å². The average molecular weight is 596 g/mol. The molecule has 2 aliphatic heterocycles. The van der Waals surface area contributed by atoms with E-state index < -0.39 is 6.04 Å². The minimum absolute atomic E-state index is 0.156. The zero-order valence-corrected chi connectivity index (χ0v) is 24.1. The summed E-state index contributed by atoms with van der Waals surface area (Å²) in [6.07, 6.45) is 3.66. The number of fused-ring (bicyclic) bond motifs is 1. The number of carbonyl (C=O) groups is 3. The molecule has 3 amide bonds. The van der Waals surface area contributed by atoms with E-state index in [4.69, 9.17) is 11.6 Å². The van der Waals surface area contributed by atoms with Gasteiger partial charge in [-0.1, -0.05) is 29.8 Å². The number of piperazine rings is 1. The monoisotopic (exact) mass is 595 g/mol. The largest absolute Gasteiger partial charge is 0.368 e. The van der Waals surface area contributed by atoms with E-state index in [9.17, 15) is 14.4 Å². The van der Waals surface area contributed by atoms with Crippen molar-refractivity contribution < 1.29 is 14.4 Å². The number of amides is 3. The SMILES string of the molecule is O=C(Nc1ccc(N2CCNCC2)cn1)c1ccc(CN2C(=O)c3ccc(Cl)cc3NC(=O)[C@H]2Cc2ccccn2)cc1. The molecule has 2 aliphatic rings.